The van der Waals surface area contributed by atoms with E-state index in [0.29, 0.717) is 0 Å². The van der Waals surface area contributed by atoms with E-state index in [4.69, 9.17) is 17.3 Å². The molecule has 1 rings (SSSR count). The lowest BCUT2D eigenvalue weighted by atomic mass is 10.0. The number of aryl methyl sites for hydroxylation is 2. The molecule has 0 aliphatic rings. The van der Waals surface area contributed by atoms with Crippen LogP contribution >= 0.6 is 0 Å². The lowest BCUT2D eigenvalue weighted by Gasteiger charge is -2.05. The highest BCUT2D eigenvalue weighted by Gasteiger charge is 2.03. The van der Waals surface area contributed by atoms with Crippen LogP contribution in [0.3, 0.4) is 0 Å². The zero-order chi connectivity index (χ0) is 35.3. The second-order valence-corrected chi connectivity index (χ2v) is 13.6. The first-order chi connectivity index (χ1) is 24.2. The van der Waals surface area contributed by atoms with Crippen LogP contribution in [0.15, 0.2) is 70.0 Å². The highest BCUT2D eigenvalue weighted by atomic mass is 16.3. The summed E-state index contributed by atoms with van der Waals surface area (Å²) in [6.45, 7) is 0. The topological polar surface area (TPSA) is 50.4 Å². The minimum absolute atomic E-state index is 0.0548. The Morgan fingerprint density at radius 1 is 0.531 bits per heavy atom. The van der Waals surface area contributed by atoms with Crippen molar-refractivity contribution >= 4 is 0 Å². The number of allylic oxidation sites excluding steroid dienone is 7. The molecule has 1 aromatic heterocycles. The molecule has 3 nitrogen and oxygen atoms in total. The van der Waals surface area contributed by atoms with E-state index in [1.807, 2.05) is 12.2 Å². The molecule has 272 valence electrons. The molecule has 0 amide bonds. The first-order valence-electron chi connectivity index (χ1n) is 20.0. The molecule has 0 radical (unpaired) electrons. The fourth-order valence-electron chi connectivity index (χ4n) is 6.03. The number of rotatable bonds is 33. The Balaban J connectivity index is 1.90. The van der Waals surface area contributed by atoms with E-state index in [1.54, 1.807) is 18.2 Å². The van der Waals surface area contributed by atoms with Gasteiger partial charge in [0.25, 0.3) is 0 Å². The molecule has 0 aliphatic carbocycles. The Morgan fingerprint density at radius 3 is 1.33 bits per heavy atom. The average Bonchev–Trinajstić information content (AvgIpc) is 3.10. The van der Waals surface area contributed by atoms with Crippen LogP contribution in [0.4, 0.5) is 0 Å². The van der Waals surface area contributed by atoms with Crippen LogP contribution in [0, 0.1) is 24.7 Å². The zero-order valence-corrected chi connectivity index (χ0v) is 31.1. The molecular formula is C46H70O3. The van der Waals surface area contributed by atoms with Gasteiger partial charge in [0.2, 0.25) is 0 Å². The summed E-state index contributed by atoms with van der Waals surface area (Å²) in [5.74, 6) is 6.46. The molecule has 1 N–H and O–H groups in total. The molecule has 49 heavy (non-hydrogen) atoms. The summed E-state index contributed by atoms with van der Waals surface area (Å²) in [7, 11) is 0. The van der Waals surface area contributed by atoms with Crippen molar-refractivity contribution in [1.29, 1.82) is 0 Å². The van der Waals surface area contributed by atoms with Crippen LogP contribution in [0.1, 0.15) is 178 Å². The van der Waals surface area contributed by atoms with Crippen molar-refractivity contribution in [2.75, 3.05) is 0 Å². The zero-order valence-electron chi connectivity index (χ0n) is 31.1. The lowest BCUT2D eigenvalue weighted by molar-refractivity contribution is 0.280. The van der Waals surface area contributed by atoms with E-state index in [1.165, 1.54) is 109 Å². The number of aliphatic hydroxyl groups excluding tert-OH is 1. The Bertz CT molecular complexity index is 1150. The van der Waals surface area contributed by atoms with E-state index in [9.17, 15) is 9.90 Å². The normalized spacial score (nSPS) is 12.5. The van der Waals surface area contributed by atoms with Crippen molar-refractivity contribution in [2.24, 2.45) is 0 Å². The Morgan fingerprint density at radius 2 is 0.878 bits per heavy atom. The first kappa shape index (κ1) is 44.0. The van der Waals surface area contributed by atoms with Crippen molar-refractivity contribution in [3.63, 3.8) is 0 Å². The third-order valence-corrected chi connectivity index (χ3v) is 8.98. The van der Waals surface area contributed by atoms with Crippen molar-refractivity contribution in [2.45, 2.75) is 186 Å². The summed E-state index contributed by atoms with van der Waals surface area (Å²) in [4.78, 5) is 12.1. The summed E-state index contributed by atoms with van der Waals surface area (Å²) >= 11 is 0. The molecule has 0 bridgehead atoms. The molecule has 0 fully saturated rings. The maximum absolute atomic E-state index is 12.1. The number of unbranched alkanes of at least 4 members (excludes halogenated alkanes) is 22. The van der Waals surface area contributed by atoms with Crippen LogP contribution in [-0.2, 0) is 12.8 Å². The molecule has 0 unspecified atom stereocenters. The van der Waals surface area contributed by atoms with Crippen molar-refractivity contribution < 1.29 is 9.52 Å². The van der Waals surface area contributed by atoms with Gasteiger partial charge in [0.15, 0.2) is 5.43 Å². The average molecular weight is 671 g/mol. The van der Waals surface area contributed by atoms with Crippen molar-refractivity contribution in [1.82, 2.24) is 0 Å². The van der Waals surface area contributed by atoms with Crippen LogP contribution in [0.25, 0.3) is 0 Å². The molecule has 1 heterocycles. The smallest absolute Gasteiger partial charge is 0.185 e. The van der Waals surface area contributed by atoms with E-state index in [2.05, 4.69) is 42.2 Å². The summed E-state index contributed by atoms with van der Waals surface area (Å²) < 4.78 is 6.02. The van der Waals surface area contributed by atoms with Gasteiger partial charge in [-0.15, -0.1) is 12.8 Å². The second-order valence-electron chi connectivity index (χ2n) is 13.6. The summed E-state index contributed by atoms with van der Waals surface area (Å²) in [5, 5.41) is 9.31. The Kier molecular flexibility index (Phi) is 31.3. The first-order valence-corrected chi connectivity index (χ1v) is 20.0. The van der Waals surface area contributed by atoms with Crippen molar-refractivity contribution in [3.05, 3.63) is 82.5 Å². The predicted molar refractivity (Wildman–Crippen MR) is 213 cm³/mol. The molecule has 0 aromatic carbocycles. The molecule has 0 saturated carbocycles. The minimum atomic E-state index is -0.778. The minimum Gasteiger partial charge on any atom is -0.466 e. The predicted octanol–water partition coefficient (Wildman–Crippen LogP) is 12.7. The fourth-order valence-corrected chi connectivity index (χ4v) is 6.03. The van der Waals surface area contributed by atoms with Crippen LogP contribution in [0.5, 0.6) is 0 Å². The van der Waals surface area contributed by atoms with Gasteiger partial charge in [0.1, 0.15) is 17.6 Å². The van der Waals surface area contributed by atoms with E-state index >= 15 is 0 Å². The van der Waals surface area contributed by atoms with Gasteiger partial charge in [-0.05, 0) is 102 Å². The number of terminal acetylenes is 2. The largest absolute Gasteiger partial charge is 0.466 e. The summed E-state index contributed by atoms with van der Waals surface area (Å²) in [5.41, 5.74) is 0.0548. The van der Waals surface area contributed by atoms with Crippen LogP contribution < -0.4 is 5.43 Å². The maximum atomic E-state index is 12.1. The van der Waals surface area contributed by atoms with Crippen LogP contribution in [0.2, 0.25) is 0 Å². The van der Waals surface area contributed by atoms with Gasteiger partial charge in [0.05, 0.1) is 0 Å². The number of hydrogen-bond acceptors (Lipinski definition) is 3. The molecule has 0 saturated heterocycles. The van der Waals surface area contributed by atoms with Gasteiger partial charge in [0, 0.05) is 25.0 Å². The molecule has 1 aromatic rings. The quantitative estimate of drug-likeness (QED) is 0.0460. The van der Waals surface area contributed by atoms with Crippen LogP contribution in [-0.4, -0.2) is 11.2 Å². The Labute approximate surface area is 301 Å². The molecule has 1 atom stereocenters. The highest BCUT2D eigenvalue weighted by molar-refractivity contribution is 5.09. The van der Waals surface area contributed by atoms with E-state index in [-0.39, 0.29) is 5.43 Å². The second kappa shape index (κ2) is 34.8. The number of aliphatic hydroxyl groups is 1. The van der Waals surface area contributed by atoms with Gasteiger partial charge in [-0.1, -0.05) is 125 Å². The third-order valence-electron chi connectivity index (χ3n) is 8.98. The van der Waals surface area contributed by atoms with Gasteiger partial charge in [-0.3, -0.25) is 4.79 Å². The molecular weight excluding hydrogens is 601 g/mol. The fraction of sp³-hybridized carbons (Fsp3) is 0.630. The summed E-state index contributed by atoms with van der Waals surface area (Å²) in [6.07, 6.45) is 60.6. The molecule has 0 spiro atoms. The monoisotopic (exact) mass is 671 g/mol. The SMILES string of the molecule is C#CC=CCCCCCCCCCCCCCCC=CCCCCC=CCCCCc1cc(=O)cc(CCCCCCC=C[C@H](O)C#C)o1. The third kappa shape index (κ3) is 30.8. The molecule has 3 heteroatoms. The highest BCUT2D eigenvalue weighted by Crippen LogP contribution is 2.15. The van der Waals surface area contributed by atoms with E-state index in [0.717, 1.165) is 82.1 Å². The van der Waals surface area contributed by atoms with Gasteiger partial charge < -0.3 is 9.52 Å². The standard InChI is InChI=1S/C46H70O3/c1-3-5-6-7-8-9-10-11-12-13-14-15-16-17-18-19-20-21-22-23-24-25-26-27-28-29-33-36-39-45-41-44(48)42-46(49-45)40-37-34-31-30-32-35-38-43(47)4-2/h1-2,5-6,21-22,27-28,35,38,41-43,47H,7-20,23-26,29-34,36-37,39-40H2/t43-/m1/s1. The van der Waals surface area contributed by atoms with Gasteiger partial charge in [-0.25, -0.2) is 0 Å². The molecule has 0 aliphatic heterocycles. The maximum Gasteiger partial charge on any atom is 0.185 e. The lowest BCUT2D eigenvalue weighted by Crippen LogP contribution is -2.03. The van der Waals surface area contributed by atoms with Gasteiger partial charge in [-0.2, -0.15) is 0 Å². The van der Waals surface area contributed by atoms with Crippen molar-refractivity contribution in [3.8, 4) is 24.7 Å². The van der Waals surface area contributed by atoms with E-state index < -0.39 is 6.10 Å². The van der Waals surface area contributed by atoms with Gasteiger partial charge >= 0.3 is 0 Å². The Hall–Kier alpha value is -3.01. The summed E-state index contributed by atoms with van der Waals surface area (Å²) in [6, 6.07) is 3.30. The number of hydrogen-bond donors (Lipinski definition) is 1.